The summed E-state index contributed by atoms with van der Waals surface area (Å²) < 4.78 is 18.0. The Balaban J connectivity index is 1.90. The number of fused-ring (bicyclic) bond motifs is 2. The minimum atomic E-state index is -0.331. The molecule has 0 spiro atoms. The van der Waals surface area contributed by atoms with Gasteiger partial charge >= 0.3 is 0 Å². The molecule has 0 bridgehead atoms. The average Bonchev–Trinajstić information content (AvgIpc) is 2.74. The molecule has 0 N–H and O–H groups in total. The zero-order valence-corrected chi connectivity index (χ0v) is 19.5. The topological polar surface area (TPSA) is 44.0 Å². The molecule has 2 heterocycles. The van der Waals surface area contributed by atoms with Gasteiger partial charge in [-0.25, -0.2) is 4.39 Å². The van der Waals surface area contributed by atoms with Crippen LogP contribution < -0.4 is 11.1 Å². The van der Waals surface area contributed by atoms with Gasteiger partial charge in [0.2, 0.25) is 0 Å². The summed E-state index contributed by atoms with van der Waals surface area (Å²) in [5.41, 5.74) is 4.48. The van der Waals surface area contributed by atoms with Crippen LogP contribution in [0.5, 0.6) is 0 Å². The Morgan fingerprint density at radius 2 is 1.62 bits per heavy atom. The van der Waals surface area contributed by atoms with Gasteiger partial charge in [-0.15, -0.1) is 0 Å². The summed E-state index contributed by atoms with van der Waals surface area (Å²) in [5.74, 6) is -0.435. The lowest BCUT2D eigenvalue weighted by atomic mass is 9.90. The van der Waals surface area contributed by atoms with Gasteiger partial charge < -0.3 is 9.13 Å². The van der Waals surface area contributed by atoms with Crippen molar-refractivity contribution in [3.63, 3.8) is 0 Å². The van der Waals surface area contributed by atoms with E-state index in [9.17, 15) is 14.0 Å². The third-order valence-electron chi connectivity index (χ3n) is 6.63. The van der Waals surface area contributed by atoms with Gasteiger partial charge in [0.15, 0.2) is 0 Å². The number of benzene rings is 2. The number of hydrogen-bond acceptors (Lipinski definition) is 2. The van der Waals surface area contributed by atoms with Crippen molar-refractivity contribution in [1.82, 2.24) is 9.13 Å². The number of aromatic nitrogens is 2. The Kier molecular flexibility index (Phi) is 5.53. The van der Waals surface area contributed by atoms with E-state index in [0.29, 0.717) is 17.5 Å². The number of para-hydroxylation sites is 1. The third-order valence-corrected chi connectivity index (χ3v) is 6.63. The third kappa shape index (κ3) is 3.46. The van der Waals surface area contributed by atoms with Gasteiger partial charge in [0.1, 0.15) is 5.82 Å². The van der Waals surface area contributed by atoms with Crippen LogP contribution in [0.25, 0.3) is 21.8 Å². The highest BCUT2D eigenvalue weighted by atomic mass is 19.1. The summed E-state index contributed by atoms with van der Waals surface area (Å²) in [7, 11) is 3.52. The highest BCUT2D eigenvalue weighted by Gasteiger charge is 2.21. The summed E-state index contributed by atoms with van der Waals surface area (Å²) in [6.07, 6.45) is 0.454. The maximum absolute atomic E-state index is 14.7. The molecule has 1 atom stereocenters. The minimum Gasteiger partial charge on any atom is -0.311 e. The van der Waals surface area contributed by atoms with E-state index in [1.54, 1.807) is 23.2 Å². The summed E-state index contributed by atoms with van der Waals surface area (Å²) >= 11 is 0. The van der Waals surface area contributed by atoms with Crippen molar-refractivity contribution in [2.24, 2.45) is 14.1 Å². The van der Waals surface area contributed by atoms with Crippen molar-refractivity contribution >= 4 is 21.8 Å². The minimum absolute atomic E-state index is 0.0457. The molecule has 5 heteroatoms. The van der Waals surface area contributed by atoms with Crippen LogP contribution in [-0.2, 0) is 20.5 Å². The summed E-state index contributed by atoms with van der Waals surface area (Å²) in [6, 6.07) is 12.7. The molecule has 0 saturated heterocycles. The van der Waals surface area contributed by atoms with Crippen LogP contribution in [0.1, 0.15) is 54.9 Å². The fourth-order valence-electron chi connectivity index (χ4n) is 5.00. The molecule has 0 aliphatic carbocycles. The highest BCUT2D eigenvalue weighted by Crippen LogP contribution is 2.30. The first-order chi connectivity index (χ1) is 15.1. The van der Waals surface area contributed by atoms with Crippen LogP contribution in [0.4, 0.5) is 4.39 Å². The van der Waals surface area contributed by atoms with Crippen LogP contribution in [-0.4, -0.2) is 9.13 Å². The number of halogens is 1. The smallest absolute Gasteiger partial charge is 0.254 e. The molecule has 1 unspecified atom stereocenters. The van der Waals surface area contributed by atoms with Gasteiger partial charge in [-0.05, 0) is 66.0 Å². The van der Waals surface area contributed by atoms with Gasteiger partial charge in [-0.3, -0.25) is 9.59 Å². The molecule has 0 fully saturated rings. The quantitative estimate of drug-likeness (QED) is 0.439. The predicted molar refractivity (Wildman–Crippen MR) is 129 cm³/mol. The number of hydrogen-bond donors (Lipinski definition) is 0. The molecule has 0 amide bonds. The second-order valence-corrected chi connectivity index (χ2v) is 9.15. The van der Waals surface area contributed by atoms with Crippen LogP contribution >= 0.6 is 0 Å². The van der Waals surface area contributed by atoms with Crippen LogP contribution in [0, 0.1) is 12.7 Å². The molecule has 4 nitrogen and oxygen atoms in total. The molecule has 4 rings (SSSR count). The van der Waals surface area contributed by atoms with Crippen molar-refractivity contribution in [3.05, 3.63) is 91.2 Å². The zero-order chi connectivity index (χ0) is 23.3. The normalized spacial score (nSPS) is 12.8. The van der Waals surface area contributed by atoms with Crippen LogP contribution in [0.2, 0.25) is 0 Å². The second kappa shape index (κ2) is 8.05. The molecule has 2 aromatic carbocycles. The predicted octanol–water partition coefficient (Wildman–Crippen LogP) is 5.31. The SMILES string of the molecule is Cc1c(C(C)C)c(=O)n(C)c2c(CC(C)c3cc4ccccc4n(C)c3=O)cc(F)cc12. The molecule has 0 radical (unpaired) electrons. The maximum Gasteiger partial charge on any atom is 0.254 e. The Morgan fingerprint density at radius 1 is 0.938 bits per heavy atom. The summed E-state index contributed by atoms with van der Waals surface area (Å²) in [4.78, 5) is 26.2. The van der Waals surface area contributed by atoms with Crippen molar-refractivity contribution in [2.75, 3.05) is 0 Å². The van der Waals surface area contributed by atoms with Crippen molar-refractivity contribution in [2.45, 2.75) is 46.0 Å². The Bertz CT molecular complexity index is 1480. The number of nitrogens with zero attached hydrogens (tertiary/aromatic N) is 2. The first kappa shape index (κ1) is 22.0. The van der Waals surface area contributed by atoms with E-state index >= 15 is 0 Å². The van der Waals surface area contributed by atoms with E-state index < -0.39 is 0 Å². The molecule has 166 valence electrons. The molecule has 32 heavy (non-hydrogen) atoms. The summed E-state index contributed by atoms with van der Waals surface area (Å²) in [6.45, 7) is 7.83. The van der Waals surface area contributed by atoms with E-state index in [0.717, 1.165) is 32.9 Å². The Labute approximate surface area is 186 Å². The lowest BCUT2D eigenvalue weighted by Crippen LogP contribution is -2.26. The van der Waals surface area contributed by atoms with Crippen molar-refractivity contribution in [1.29, 1.82) is 0 Å². The zero-order valence-electron chi connectivity index (χ0n) is 19.5. The van der Waals surface area contributed by atoms with Gasteiger partial charge in [0.05, 0.1) is 11.0 Å². The molecule has 0 aliphatic heterocycles. The van der Waals surface area contributed by atoms with Crippen molar-refractivity contribution < 1.29 is 4.39 Å². The molecular weight excluding hydrogens is 403 g/mol. The lowest BCUT2D eigenvalue weighted by molar-refractivity contribution is 0.624. The lowest BCUT2D eigenvalue weighted by Gasteiger charge is -2.20. The maximum atomic E-state index is 14.7. The van der Waals surface area contributed by atoms with Gasteiger partial charge in [0.25, 0.3) is 11.1 Å². The largest absolute Gasteiger partial charge is 0.311 e. The van der Waals surface area contributed by atoms with E-state index in [-0.39, 0.29) is 28.8 Å². The number of pyridine rings is 2. The monoisotopic (exact) mass is 432 g/mol. The molecule has 0 aliphatic rings. The first-order valence-electron chi connectivity index (χ1n) is 11.0. The molecule has 0 saturated carbocycles. The molecule has 2 aromatic heterocycles. The van der Waals surface area contributed by atoms with Crippen LogP contribution in [0.3, 0.4) is 0 Å². The summed E-state index contributed by atoms with van der Waals surface area (Å²) in [5, 5.41) is 1.75. The van der Waals surface area contributed by atoms with Crippen LogP contribution in [0.15, 0.2) is 52.1 Å². The number of aryl methyl sites for hydroxylation is 3. The average molecular weight is 433 g/mol. The van der Waals surface area contributed by atoms with Gasteiger partial charge in [-0.1, -0.05) is 39.0 Å². The Hall–Kier alpha value is -3.21. The van der Waals surface area contributed by atoms with Crippen molar-refractivity contribution in [3.8, 4) is 0 Å². The highest BCUT2D eigenvalue weighted by molar-refractivity contribution is 5.87. The molecular formula is C27H29FN2O2. The van der Waals surface area contributed by atoms with E-state index in [2.05, 4.69) is 0 Å². The fraction of sp³-hybridized carbons (Fsp3) is 0.333. The second-order valence-electron chi connectivity index (χ2n) is 9.15. The van der Waals surface area contributed by atoms with Gasteiger partial charge in [0, 0.05) is 30.6 Å². The Morgan fingerprint density at radius 3 is 2.31 bits per heavy atom. The first-order valence-corrected chi connectivity index (χ1v) is 11.0. The van der Waals surface area contributed by atoms with E-state index in [1.165, 1.54) is 12.1 Å². The van der Waals surface area contributed by atoms with Gasteiger partial charge in [-0.2, -0.15) is 0 Å². The number of rotatable bonds is 4. The van der Waals surface area contributed by atoms with E-state index in [1.807, 2.05) is 58.0 Å². The fourth-order valence-corrected chi connectivity index (χ4v) is 5.00. The van der Waals surface area contributed by atoms with E-state index in [4.69, 9.17) is 0 Å². The molecule has 4 aromatic rings. The standard InChI is InChI=1S/C27H29FN2O2/c1-15(2)24-17(4)22-14-20(28)12-19(25(22)30(6)27(24)32)11-16(3)21-13-18-9-7-8-10-23(18)29(5)26(21)31/h7-10,12-16H,11H2,1-6H3.